The monoisotopic (exact) mass is 341 g/mol. The van der Waals surface area contributed by atoms with E-state index in [0.717, 1.165) is 43.8 Å². The number of hydrogen-bond acceptors (Lipinski definition) is 5. The molecule has 7 heteroatoms. The number of nitrogens with zero attached hydrogens (tertiary/aromatic N) is 5. The van der Waals surface area contributed by atoms with Crippen molar-refractivity contribution >= 4 is 5.91 Å². The van der Waals surface area contributed by atoms with Gasteiger partial charge in [-0.25, -0.2) is 9.67 Å². The number of fused-ring (bicyclic) bond motifs is 1. The molecule has 0 unspecified atom stereocenters. The van der Waals surface area contributed by atoms with Crippen LogP contribution in [0, 0.1) is 0 Å². The second-order valence-corrected chi connectivity index (χ2v) is 6.75. The van der Waals surface area contributed by atoms with Crippen LogP contribution in [0.4, 0.5) is 0 Å². The summed E-state index contributed by atoms with van der Waals surface area (Å²) in [4.78, 5) is 21.4. The van der Waals surface area contributed by atoms with E-state index < -0.39 is 0 Å². The molecule has 2 aromatic rings. The van der Waals surface area contributed by atoms with Gasteiger partial charge in [0.2, 0.25) is 0 Å². The van der Waals surface area contributed by atoms with E-state index in [4.69, 9.17) is 4.74 Å². The lowest BCUT2D eigenvalue weighted by Crippen LogP contribution is -2.59. The molecule has 4 rings (SSSR count). The van der Waals surface area contributed by atoms with E-state index in [1.165, 1.54) is 6.33 Å². The van der Waals surface area contributed by atoms with Crippen molar-refractivity contribution in [2.24, 2.45) is 0 Å². The molecule has 2 aliphatic rings. The Hall–Kier alpha value is -2.25. The highest BCUT2D eigenvalue weighted by molar-refractivity contribution is 5.95. The predicted octanol–water partition coefficient (Wildman–Crippen LogP) is 0.871. The normalized spacial score (nSPS) is 24.1. The molecule has 0 spiro atoms. The van der Waals surface area contributed by atoms with E-state index in [-0.39, 0.29) is 18.1 Å². The molecular weight excluding hydrogens is 318 g/mol. The topological polar surface area (TPSA) is 63.5 Å². The third-order valence-corrected chi connectivity index (χ3v) is 5.20. The number of amides is 1. The number of benzene rings is 1. The number of rotatable bonds is 3. The quantitative estimate of drug-likeness (QED) is 0.829. The van der Waals surface area contributed by atoms with Gasteiger partial charge >= 0.3 is 0 Å². The third-order valence-electron chi connectivity index (χ3n) is 5.20. The Labute approximate surface area is 147 Å². The van der Waals surface area contributed by atoms with E-state index in [0.29, 0.717) is 6.54 Å². The van der Waals surface area contributed by atoms with Crippen LogP contribution in [0.3, 0.4) is 0 Å². The van der Waals surface area contributed by atoms with Gasteiger partial charge in [0.25, 0.3) is 5.91 Å². The van der Waals surface area contributed by atoms with E-state index in [2.05, 4.69) is 22.0 Å². The van der Waals surface area contributed by atoms with Crippen LogP contribution in [0.2, 0.25) is 0 Å². The van der Waals surface area contributed by atoms with Crippen molar-refractivity contribution < 1.29 is 9.53 Å². The zero-order valence-electron chi connectivity index (χ0n) is 14.4. The average Bonchev–Trinajstić information content (AvgIpc) is 3.15. The van der Waals surface area contributed by atoms with Gasteiger partial charge in [0.1, 0.15) is 12.7 Å². The van der Waals surface area contributed by atoms with Crippen LogP contribution < -0.4 is 0 Å². The highest BCUT2D eigenvalue weighted by atomic mass is 16.5. The molecule has 0 saturated carbocycles. The molecule has 0 radical (unpaired) electrons. The van der Waals surface area contributed by atoms with E-state index >= 15 is 0 Å². The maximum Gasteiger partial charge on any atom is 0.254 e. The standard InChI is InChI=1S/C18H23N5O2/c1-21-8-9-25-17-6-7-22(11-16(17)21)18(24)15-5-3-2-4-14(15)10-23-13-19-12-20-23/h2-5,12-13,16-17H,6-11H2,1H3/t16-,17-/m1/s1. The van der Waals surface area contributed by atoms with E-state index in [1.54, 1.807) is 11.0 Å². The van der Waals surface area contributed by atoms with Gasteiger partial charge < -0.3 is 9.64 Å². The van der Waals surface area contributed by atoms with Crippen molar-refractivity contribution in [3.8, 4) is 0 Å². The number of likely N-dealkylation sites (N-methyl/N-ethyl adjacent to an activating group) is 1. The summed E-state index contributed by atoms with van der Waals surface area (Å²) in [5, 5.41) is 4.15. The lowest BCUT2D eigenvalue weighted by molar-refractivity contribution is -0.0893. The van der Waals surface area contributed by atoms with Crippen molar-refractivity contribution in [3.05, 3.63) is 48.0 Å². The highest BCUT2D eigenvalue weighted by Crippen LogP contribution is 2.24. The van der Waals surface area contributed by atoms with Crippen molar-refractivity contribution in [3.63, 3.8) is 0 Å². The first kappa shape index (κ1) is 16.2. The Bertz CT molecular complexity index is 733. The molecule has 3 heterocycles. The van der Waals surface area contributed by atoms with Crippen LogP contribution in [0.5, 0.6) is 0 Å². The summed E-state index contributed by atoms with van der Waals surface area (Å²) in [5.41, 5.74) is 1.71. The largest absolute Gasteiger partial charge is 0.375 e. The number of carbonyl (C=O) groups is 1. The molecule has 2 saturated heterocycles. The lowest BCUT2D eigenvalue weighted by atomic mass is 9.97. The molecule has 1 aromatic carbocycles. The molecule has 0 N–H and O–H groups in total. The minimum atomic E-state index is 0.0909. The molecule has 2 aliphatic heterocycles. The number of morpholine rings is 1. The van der Waals surface area contributed by atoms with Crippen LogP contribution in [-0.4, -0.2) is 75.9 Å². The van der Waals surface area contributed by atoms with Gasteiger partial charge in [0, 0.05) is 25.2 Å². The first-order chi connectivity index (χ1) is 12.2. The van der Waals surface area contributed by atoms with Crippen LogP contribution >= 0.6 is 0 Å². The molecular formula is C18H23N5O2. The lowest BCUT2D eigenvalue weighted by Gasteiger charge is -2.45. The zero-order valence-corrected chi connectivity index (χ0v) is 14.4. The number of carbonyl (C=O) groups excluding carboxylic acids is 1. The Morgan fingerprint density at radius 2 is 2.20 bits per heavy atom. The molecule has 0 aliphatic carbocycles. The maximum absolute atomic E-state index is 13.2. The summed E-state index contributed by atoms with van der Waals surface area (Å²) in [6, 6.07) is 8.05. The Balaban J connectivity index is 1.53. The smallest absolute Gasteiger partial charge is 0.254 e. The summed E-state index contributed by atoms with van der Waals surface area (Å²) in [6.45, 7) is 3.71. The molecule has 2 fully saturated rings. The van der Waals surface area contributed by atoms with Crippen molar-refractivity contribution in [2.45, 2.75) is 25.1 Å². The van der Waals surface area contributed by atoms with Crippen LogP contribution in [0.1, 0.15) is 22.3 Å². The van der Waals surface area contributed by atoms with Crippen LogP contribution in [0.15, 0.2) is 36.9 Å². The average molecular weight is 341 g/mol. The number of ether oxygens (including phenoxy) is 1. The number of piperidine rings is 1. The second-order valence-electron chi connectivity index (χ2n) is 6.75. The van der Waals surface area contributed by atoms with E-state index in [1.807, 2.05) is 29.2 Å². The molecule has 2 atom stereocenters. The highest BCUT2D eigenvalue weighted by Gasteiger charge is 2.37. The summed E-state index contributed by atoms with van der Waals surface area (Å²) in [5.74, 6) is 0.0909. The van der Waals surface area contributed by atoms with Crippen molar-refractivity contribution in [1.29, 1.82) is 0 Å². The van der Waals surface area contributed by atoms with E-state index in [9.17, 15) is 4.79 Å². The first-order valence-corrected chi connectivity index (χ1v) is 8.74. The van der Waals surface area contributed by atoms with Gasteiger partial charge in [-0.2, -0.15) is 5.10 Å². The summed E-state index contributed by atoms with van der Waals surface area (Å²) in [6.07, 6.45) is 4.31. The minimum Gasteiger partial charge on any atom is -0.375 e. The minimum absolute atomic E-state index is 0.0909. The van der Waals surface area contributed by atoms with Gasteiger partial charge in [0.15, 0.2) is 0 Å². The van der Waals surface area contributed by atoms with Crippen molar-refractivity contribution in [1.82, 2.24) is 24.6 Å². The van der Waals surface area contributed by atoms with Crippen LogP contribution in [-0.2, 0) is 11.3 Å². The first-order valence-electron chi connectivity index (χ1n) is 8.74. The molecule has 1 amide bonds. The summed E-state index contributed by atoms with van der Waals surface area (Å²) >= 11 is 0. The fourth-order valence-corrected chi connectivity index (χ4v) is 3.75. The fraction of sp³-hybridized carbons (Fsp3) is 0.500. The van der Waals surface area contributed by atoms with Gasteiger partial charge in [-0.05, 0) is 25.1 Å². The van der Waals surface area contributed by atoms with Crippen LogP contribution in [0.25, 0.3) is 0 Å². The predicted molar refractivity (Wildman–Crippen MR) is 92.2 cm³/mol. The Morgan fingerprint density at radius 1 is 1.32 bits per heavy atom. The second kappa shape index (κ2) is 6.93. The van der Waals surface area contributed by atoms with Crippen molar-refractivity contribution in [2.75, 3.05) is 33.3 Å². The molecule has 1 aromatic heterocycles. The van der Waals surface area contributed by atoms with Gasteiger partial charge in [-0.1, -0.05) is 18.2 Å². The summed E-state index contributed by atoms with van der Waals surface area (Å²) in [7, 11) is 2.12. The number of aromatic nitrogens is 3. The maximum atomic E-state index is 13.2. The third kappa shape index (κ3) is 3.29. The van der Waals surface area contributed by atoms with Gasteiger partial charge in [-0.15, -0.1) is 0 Å². The molecule has 132 valence electrons. The Morgan fingerprint density at radius 3 is 3.04 bits per heavy atom. The summed E-state index contributed by atoms with van der Waals surface area (Å²) < 4.78 is 7.62. The molecule has 25 heavy (non-hydrogen) atoms. The number of likely N-dealkylation sites (tertiary alicyclic amines) is 1. The Kier molecular flexibility index (Phi) is 4.50. The molecule has 0 bridgehead atoms. The zero-order chi connectivity index (χ0) is 17.2. The SMILES string of the molecule is CN1CCO[C@@H]2CCN(C(=O)c3ccccc3Cn3cncn3)C[C@H]21. The fourth-order valence-electron chi connectivity index (χ4n) is 3.75. The van der Waals surface area contributed by atoms with Gasteiger partial charge in [0.05, 0.1) is 25.3 Å². The number of hydrogen-bond donors (Lipinski definition) is 0. The molecule has 7 nitrogen and oxygen atoms in total. The van der Waals surface area contributed by atoms with Gasteiger partial charge in [-0.3, -0.25) is 9.69 Å².